The largest absolute Gasteiger partial charge is 0.433 e. The van der Waals surface area contributed by atoms with Crippen molar-refractivity contribution >= 4 is 5.78 Å². The Labute approximate surface area is 215 Å². The minimum atomic E-state index is -3.23. The number of ether oxygens (including phenoxy) is 1. The first-order chi connectivity index (χ1) is 17.1. The number of Topliss-reactive ketones (excluding diaryl/α,β-unsaturated/α-hetero) is 1. The van der Waals surface area contributed by atoms with E-state index in [2.05, 4.69) is 58.0 Å². The summed E-state index contributed by atoms with van der Waals surface area (Å²) in [5.74, 6) is 1.48. The minimum Gasteiger partial charge on any atom is -0.433 e. The lowest BCUT2D eigenvalue weighted by Gasteiger charge is -2.22. The minimum absolute atomic E-state index is 0.146. The number of benzene rings is 2. The maximum atomic E-state index is 13.4. The first-order valence-corrected chi connectivity index (χ1v) is 13.3. The third-order valence-corrected chi connectivity index (χ3v) is 7.18. The van der Waals surface area contributed by atoms with E-state index in [0.717, 1.165) is 66.9 Å². The molecule has 0 heterocycles. The summed E-state index contributed by atoms with van der Waals surface area (Å²) in [5, 5.41) is 0. The summed E-state index contributed by atoms with van der Waals surface area (Å²) in [6, 6.07) is 13.3. The van der Waals surface area contributed by atoms with Gasteiger partial charge in [-0.15, -0.1) is 0 Å². The molecule has 0 aromatic heterocycles. The fraction of sp³-hybridized carbons (Fsp3) is 0.469. The number of allylic oxidation sites excluding steroid dienone is 4. The molecule has 0 saturated carbocycles. The Morgan fingerprint density at radius 3 is 2.58 bits per heavy atom. The van der Waals surface area contributed by atoms with Gasteiger partial charge in [-0.25, -0.2) is 0 Å². The average Bonchev–Trinajstić information content (AvgIpc) is 3.08. The van der Waals surface area contributed by atoms with E-state index < -0.39 is 6.11 Å². The average molecular weight is 495 g/mol. The van der Waals surface area contributed by atoms with Crippen LogP contribution in [0.5, 0.6) is 5.75 Å². The molecule has 0 saturated heterocycles. The second-order valence-electron chi connectivity index (χ2n) is 10.4. The lowest BCUT2D eigenvalue weighted by atomic mass is 9.83. The zero-order chi connectivity index (χ0) is 26.3. The molecule has 0 N–H and O–H groups in total. The smallest absolute Gasteiger partial charge is 0.394 e. The molecule has 194 valence electrons. The van der Waals surface area contributed by atoms with Gasteiger partial charge in [0.1, 0.15) is 5.75 Å². The molecule has 0 fully saturated rings. The van der Waals surface area contributed by atoms with Gasteiger partial charge < -0.3 is 4.74 Å². The van der Waals surface area contributed by atoms with Crippen LogP contribution in [0.25, 0.3) is 11.1 Å². The van der Waals surface area contributed by atoms with Crippen LogP contribution in [0.15, 0.2) is 66.3 Å². The SMILES string of the molecule is CCc1ccc(CC(CC(=O)C2=CCCC(CC)C=C2)C(C)C)cc1-c1cccc(OC(C)(F)F)c1. The summed E-state index contributed by atoms with van der Waals surface area (Å²) in [7, 11) is 0. The highest BCUT2D eigenvalue weighted by Crippen LogP contribution is 2.32. The van der Waals surface area contributed by atoms with Crippen LogP contribution >= 0.6 is 0 Å². The number of hydrogen-bond donors (Lipinski definition) is 0. The van der Waals surface area contributed by atoms with Gasteiger partial charge in [0.15, 0.2) is 5.78 Å². The molecule has 0 radical (unpaired) electrons. The van der Waals surface area contributed by atoms with E-state index in [-0.39, 0.29) is 17.5 Å². The van der Waals surface area contributed by atoms with E-state index in [0.29, 0.717) is 18.3 Å². The highest BCUT2D eigenvalue weighted by atomic mass is 19.3. The van der Waals surface area contributed by atoms with Crippen LogP contribution in [0.3, 0.4) is 0 Å². The van der Waals surface area contributed by atoms with Gasteiger partial charge in [-0.1, -0.05) is 76.3 Å². The van der Waals surface area contributed by atoms with E-state index in [1.54, 1.807) is 18.2 Å². The Bertz CT molecular complexity index is 1090. The number of hydrogen-bond acceptors (Lipinski definition) is 2. The Morgan fingerprint density at radius 1 is 1.14 bits per heavy atom. The van der Waals surface area contributed by atoms with Crippen molar-refractivity contribution < 1.29 is 18.3 Å². The van der Waals surface area contributed by atoms with Crippen molar-refractivity contribution in [3.63, 3.8) is 0 Å². The zero-order valence-corrected chi connectivity index (χ0v) is 22.3. The molecule has 2 unspecified atom stereocenters. The molecule has 1 aliphatic carbocycles. The van der Waals surface area contributed by atoms with Crippen molar-refractivity contribution in [1.29, 1.82) is 0 Å². The predicted molar refractivity (Wildman–Crippen MR) is 144 cm³/mol. The second-order valence-corrected chi connectivity index (χ2v) is 10.4. The van der Waals surface area contributed by atoms with Gasteiger partial charge in [0, 0.05) is 18.9 Å². The van der Waals surface area contributed by atoms with Crippen molar-refractivity contribution in [2.75, 3.05) is 0 Å². The topological polar surface area (TPSA) is 26.3 Å². The van der Waals surface area contributed by atoms with Crippen molar-refractivity contribution in [2.24, 2.45) is 17.8 Å². The molecule has 2 nitrogen and oxygen atoms in total. The zero-order valence-electron chi connectivity index (χ0n) is 22.3. The van der Waals surface area contributed by atoms with Crippen LogP contribution in [0.2, 0.25) is 0 Å². The van der Waals surface area contributed by atoms with Gasteiger partial charge in [-0.05, 0) is 84.2 Å². The normalized spacial score (nSPS) is 17.0. The standard InChI is InChI=1S/C32H40F2O2/c1-6-23-10-8-11-26(17-14-23)31(35)21-28(22(3)4)18-24-15-16-25(7-2)30(19-24)27-12-9-13-29(20-27)36-32(5,33)34/h9,11-17,19-20,22-23,28H,6-8,10,18,21H2,1-5H3. The fourth-order valence-corrected chi connectivity index (χ4v) is 4.87. The number of alkyl halides is 2. The quantitative estimate of drug-likeness (QED) is 0.311. The predicted octanol–water partition coefficient (Wildman–Crippen LogP) is 8.98. The van der Waals surface area contributed by atoms with Crippen LogP contribution in [0.4, 0.5) is 8.78 Å². The number of carbonyl (C=O) groups is 1. The number of aryl methyl sites for hydroxylation is 1. The van der Waals surface area contributed by atoms with E-state index in [1.807, 2.05) is 12.1 Å². The van der Waals surface area contributed by atoms with Crippen molar-refractivity contribution in [2.45, 2.75) is 79.3 Å². The first kappa shape index (κ1) is 27.8. The third-order valence-electron chi connectivity index (χ3n) is 7.18. The summed E-state index contributed by atoms with van der Waals surface area (Å²) in [5.41, 5.74) is 5.02. The van der Waals surface area contributed by atoms with E-state index in [4.69, 9.17) is 4.74 Å². The third kappa shape index (κ3) is 7.88. The van der Waals surface area contributed by atoms with Crippen molar-refractivity contribution in [1.82, 2.24) is 0 Å². The molecule has 3 rings (SSSR count). The summed E-state index contributed by atoms with van der Waals surface area (Å²) in [6.45, 7) is 9.38. The molecule has 0 aliphatic heterocycles. The fourth-order valence-electron chi connectivity index (χ4n) is 4.87. The monoisotopic (exact) mass is 494 g/mol. The molecule has 0 spiro atoms. The van der Waals surface area contributed by atoms with Crippen molar-refractivity contribution in [3.8, 4) is 16.9 Å². The highest BCUT2D eigenvalue weighted by Gasteiger charge is 2.24. The second kappa shape index (κ2) is 12.5. The number of halogens is 2. The number of rotatable bonds is 11. The summed E-state index contributed by atoms with van der Waals surface area (Å²) >= 11 is 0. The number of carbonyl (C=O) groups excluding carboxylic acids is 1. The van der Waals surface area contributed by atoms with Gasteiger partial charge in [-0.2, -0.15) is 8.78 Å². The molecule has 0 bridgehead atoms. The van der Waals surface area contributed by atoms with E-state index in [1.165, 1.54) is 0 Å². The van der Waals surface area contributed by atoms with Gasteiger partial charge >= 0.3 is 6.11 Å². The molecule has 2 aromatic carbocycles. The summed E-state index contributed by atoms with van der Waals surface area (Å²) < 4.78 is 31.6. The molecule has 36 heavy (non-hydrogen) atoms. The molecule has 2 atom stereocenters. The van der Waals surface area contributed by atoms with Crippen LogP contribution < -0.4 is 4.74 Å². The molecule has 2 aromatic rings. The van der Waals surface area contributed by atoms with Crippen molar-refractivity contribution in [3.05, 3.63) is 77.4 Å². The Kier molecular flexibility index (Phi) is 9.64. The van der Waals surface area contributed by atoms with E-state index >= 15 is 0 Å². The molecule has 0 amide bonds. The van der Waals surface area contributed by atoms with Gasteiger partial charge in [0.05, 0.1) is 0 Å². The molecule has 4 heteroatoms. The summed E-state index contributed by atoms with van der Waals surface area (Å²) in [6.07, 6.45) is 8.40. The van der Waals surface area contributed by atoms with Crippen LogP contribution in [-0.2, 0) is 17.6 Å². The Morgan fingerprint density at radius 2 is 1.92 bits per heavy atom. The van der Waals surface area contributed by atoms with E-state index in [9.17, 15) is 13.6 Å². The maximum absolute atomic E-state index is 13.4. The highest BCUT2D eigenvalue weighted by molar-refractivity contribution is 5.98. The first-order valence-electron chi connectivity index (χ1n) is 13.3. The van der Waals surface area contributed by atoms with Gasteiger partial charge in [0.2, 0.25) is 0 Å². The van der Waals surface area contributed by atoms with Crippen LogP contribution in [-0.4, -0.2) is 11.9 Å². The Hall–Kier alpha value is -2.75. The molecule has 1 aliphatic rings. The lowest BCUT2D eigenvalue weighted by molar-refractivity contribution is -0.158. The Balaban J connectivity index is 1.82. The molecular weight excluding hydrogens is 454 g/mol. The summed E-state index contributed by atoms with van der Waals surface area (Å²) in [4.78, 5) is 13.2. The van der Waals surface area contributed by atoms with Gasteiger partial charge in [-0.3, -0.25) is 4.79 Å². The number of ketones is 1. The molecular formula is C32H40F2O2. The lowest BCUT2D eigenvalue weighted by Crippen LogP contribution is -2.19. The van der Waals surface area contributed by atoms with Crippen LogP contribution in [0.1, 0.15) is 71.4 Å². The van der Waals surface area contributed by atoms with Crippen LogP contribution in [0, 0.1) is 17.8 Å². The van der Waals surface area contributed by atoms with Gasteiger partial charge in [0.25, 0.3) is 0 Å². The maximum Gasteiger partial charge on any atom is 0.394 e.